The number of fused-ring (bicyclic) bond motifs is 1. The van der Waals surface area contributed by atoms with Crippen LogP contribution in [0.2, 0.25) is 0 Å². The molecule has 0 aliphatic carbocycles. The van der Waals surface area contributed by atoms with Gasteiger partial charge in [-0.2, -0.15) is 0 Å². The molecular formula is C13H13NO5S. The standard InChI is InChI=1S/C13H13NO5S/c1-2-19-13(11(15)16,12(17)18)7-10-14-8-5-3-4-6-9(8)20-10/h3-6H,2,7H2,1H3,(H,15,16)(H,17,18). The molecule has 0 atom stereocenters. The molecular weight excluding hydrogens is 282 g/mol. The van der Waals surface area contributed by atoms with Crippen LogP contribution >= 0.6 is 11.3 Å². The van der Waals surface area contributed by atoms with Gasteiger partial charge >= 0.3 is 11.9 Å². The van der Waals surface area contributed by atoms with Crippen molar-refractivity contribution in [1.82, 2.24) is 4.98 Å². The molecule has 0 radical (unpaired) electrons. The zero-order valence-electron chi connectivity index (χ0n) is 10.7. The van der Waals surface area contributed by atoms with E-state index in [1.54, 1.807) is 13.0 Å². The molecule has 0 amide bonds. The normalized spacial score (nSPS) is 11.7. The number of carboxylic acids is 2. The minimum absolute atomic E-state index is 0.0104. The molecule has 0 saturated carbocycles. The van der Waals surface area contributed by atoms with Crippen molar-refractivity contribution < 1.29 is 24.5 Å². The number of hydrogen-bond acceptors (Lipinski definition) is 5. The largest absolute Gasteiger partial charge is 0.479 e. The van der Waals surface area contributed by atoms with Crippen LogP contribution in [-0.4, -0.2) is 39.3 Å². The summed E-state index contributed by atoms with van der Waals surface area (Å²) in [5.41, 5.74) is -1.57. The van der Waals surface area contributed by atoms with Crippen LogP contribution < -0.4 is 0 Å². The third-order valence-corrected chi connectivity index (χ3v) is 3.86. The quantitative estimate of drug-likeness (QED) is 0.789. The first kappa shape index (κ1) is 14.4. The topological polar surface area (TPSA) is 96.7 Å². The number of thiazole rings is 1. The summed E-state index contributed by atoms with van der Waals surface area (Å²) in [6, 6.07) is 7.30. The predicted octanol–water partition coefficient (Wildman–Crippen LogP) is 1.78. The molecule has 1 aromatic heterocycles. The molecule has 1 heterocycles. The Hall–Kier alpha value is -1.99. The minimum Gasteiger partial charge on any atom is -0.479 e. The van der Waals surface area contributed by atoms with Gasteiger partial charge in [0, 0.05) is 6.61 Å². The number of aliphatic carboxylic acids is 2. The first-order valence-corrected chi connectivity index (χ1v) is 6.76. The smallest absolute Gasteiger partial charge is 0.348 e. The summed E-state index contributed by atoms with van der Waals surface area (Å²) < 4.78 is 5.90. The van der Waals surface area contributed by atoms with Crippen LogP contribution in [0.3, 0.4) is 0 Å². The highest BCUT2D eigenvalue weighted by Crippen LogP contribution is 2.27. The van der Waals surface area contributed by atoms with Gasteiger partial charge in [0.15, 0.2) is 0 Å². The van der Waals surface area contributed by atoms with Gasteiger partial charge < -0.3 is 14.9 Å². The zero-order chi connectivity index (χ0) is 14.8. The lowest BCUT2D eigenvalue weighted by Gasteiger charge is -2.23. The van der Waals surface area contributed by atoms with E-state index >= 15 is 0 Å². The number of aromatic nitrogens is 1. The highest BCUT2D eigenvalue weighted by molar-refractivity contribution is 7.18. The molecule has 1 aromatic carbocycles. The maximum Gasteiger partial charge on any atom is 0.348 e. The second kappa shape index (κ2) is 5.56. The predicted molar refractivity (Wildman–Crippen MR) is 73.0 cm³/mol. The maximum atomic E-state index is 11.3. The Bertz CT molecular complexity index is 604. The summed E-state index contributed by atoms with van der Waals surface area (Å²) in [5.74, 6) is -3.04. The lowest BCUT2D eigenvalue weighted by molar-refractivity contribution is -0.182. The zero-order valence-corrected chi connectivity index (χ0v) is 11.5. The van der Waals surface area contributed by atoms with Gasteiger partial charge in [-0.05, 0) is 19.1 Å². The SMILES string of the molecule is CCOC(Cc1nc2ccccc2s1)(C(=O)O)C(=O)O. The Labute approximate surface area is 118 Å². The van der Waals surface area contributed by atoms with Gasteiger partial charge in [-0.3, -0.25) is 0 Å². The Morgan fingerprint density at radius 1 is 1.30 bits per heavy atom. The van der Waals surface area contributed by atoms with Crippen molar-refractivity contribution in [2.45, 2.75) is 18.9 Å². The van der Waals surface area contributed by atoms with Crippen LogP contribution in [0.25, 0.3) is 10.2 Å². The van der Waals surface area contributed by atoms with Crippen molar-refractivity contribution in [2.75, 3.05) is 6.61 Å². The van der Waals surface area contributed by atoms with E-state index in [1.807, 2.05) is 18.2 Å². The molecule has 106 valence electrons. The highest BCUT2D eigenvalue weighted by Gasteiger charge is 2.48. The lowest BCUT2D eigenvalue weighted by Crippen LogP contribution is -2.51. The molecule has 6 nitrogen and oxygen atoms in total. The van der Waals surface area contributed by atoms with Crippen LogP contribution in [0.5, 0.6) is 0 Å². The summed E-state index contributed by atoms with van der Waals surface area (Å²) in [7, 11) is 0. The first-order chi connectivity index (χ1) is 9.49. The van der Waals surface area contributed by atoms with Crippen LogP contribution in [-0.2, 0) is 20.7 Å². The van der Waals surface area contributed by atoms with Gasteiger partial charge in [0.1, 0.15) is 0 Å². The van der Waals surface area contributed by atoms with E-state index in [9.17, 15) is 19.8 Å². The van der Waals surface area contributed by atoms with E-state index in [-0.39, 0.29) is 13.0 Å². The van der Waals surface area contributed by atoms with E-state index in [0.717, 1.165) is 4.70 Å². The summed E-state index contributed by atoms with van der Waals surface area (Å²) >= 11 is 1.27. The fourth-order valence-corrected chi connectivity index (χ4v) is 2.91. The molecule has 0 aliphatic rings. The summed E-state index contributed by atoms with van der Waals surface area (Å²) in [4.78, 5) is 26.9. The molecule has 0 bridgehead atoms. The maximum absolute atomic E-state index is 11.3. The third kappa shape index (κ3) is 2.50. The molecule has 0 unspecified atom stereocenters. The molecule has 2 rings (SSSR count). The molecule has 2 aromatic rings. The van der Waals surface area contributed by atoms with Gasteiger partial charge in [0.2, 0.25) is 0 Å². The Morgan fingerprint density at radius 2 is 1.95 bits per heavy atom. The van der Waals surface area contributed by atoms with Crippen LogP contribution in [0, 0.1) is 0 Å². The van der Waals surface area contributed by atoms with Gasteiger partial charge in [-0.1, -0.05) is 12.1 Å². The summed E-state index contributed by atoms with van der Waals surface area (Å²) in [6.45, 7) is 1.54. The van der Waals surface area contributed by atoms with Gasteiger partial charge in [0.25, 0.3) is 5.60 Å². The summed E-state index contributed by atoms with van der Waals surface area (Å²) in [5, 5.41) is 18.9. The van der Waals surface area contributed by atoms with E-state index < -0.39 is 17.5 Å². The number of rotatable bonds is 6. The van der Waals surface area contributed by atoms with Crippen LogP contribution in [0.1, 0.15) is 11.9 Å². The Balaban J connectivity index is 2.40. The lowest BCUT2D eigenvalue weighted by atomic mass is 10.0. The molecule has 0 saturated heterocycles. The summed E-state index contributed by atoms with van der Waals surface area (Å²) in [6.07, 6.45) is -0.301. The van der Waals surface area contributed by atoms with Crippen molar-refractivity contribution >= 4 is 33.5 Å². The van der Waals surface area contributed by atoms with E-state index in [1.165, 1.54) is 11.3 Å². The van der Waals surface area contributed by atoms with Crippen LogP contribution in [0.15, 0.2) is 24.3 Å². The van der Waals surface area contributed by atoms with E-state index in [2.05, 4.69) is 4.98 Å². The Morgan fingerprint density at radius 3 is 2.50 bits per heavy atom. The number of nitrogens with zero attached hydrogens (tertiary/aromatic N) is 1. The average molecular weight is 295 g/mol. The number of carbonyl (C=O) groups is 2. The van der Waals surface area contributed by atoms with Crippen LogP contribution in [0.4, 0.5) is 0 Å². The number of ether oxygens (including phenoxy) is 1. The Kier molecular flexibility index (Phi) is 4.01. The molecule has 7 heteroatoms. The highest BCUT2D eigenvalue weighted by atomic mass is 32.1. The molecule has 2 N–H and O–H groups in total. The van der Waals surface area contributed by atoms with Gasteiger partial charge in [0.05, 0.1) is 21.6 Å². The second-order valence-electron chi connectivity index (χ2n) is 4.12. The van der Waals surface area contributed by atoms with Crippen molar-refractivity contribution in [3.8, 4) is 0 Å². The fourth-order valence-electron chi connectivity index (χ4n) is 1.87. The molecule has 0 spiro atoms. The van der Waals surface area contributed by atoms with Gasteiger partial charge in [-0.25, -0.2) is 14.6 Å². The number of benzene rings is 1. The number of hydrogen-bond donors (Lipinski definition) is 2. The first-order valence-electron chi connectivity index (χ1n) is 5.95. The van der Waals surface area contributed by atoms with Crippen molar-refractivity contribution in [3.05, 3.63) is 29.3 Å². The number of carboxylic acid groups (broad SMARTS) is 2. The number of para-hydroxylation sites is 1. The van der Waals surface area contributed by atoms with Gasteiger partial charge in [-0.15, -0.1) is 11.3 Å². The molecule has 0 fully saturated rings. The second-order valence-corrected chi connectivity index (χ2v) is 5.24. The fraction of sp³-hybridized carbons (Fsp3) is 0.308. The van der Waals surface area contributed by atoms with E-state index in [0.29, 0.717) is 10.5 Å². The van der Waals surface area contributed by atoms with Crippen molar-refractivity contribution in [3.63, 3.8) is 0 Å². The van der Waals surface area contributed by atoms with Crippen molar-refractivity contribution in [1.29, 1.82) is 0 Å². The third-order valence-electron chi connectivity index (χ3n) is 2.82. The monoisotopic (exact) mass is 295 g/mol. The van der Waals surface area contributed by atoms with Crippen molar-refractivity contribution in [2.24, 2.45) is 0 Å². The van der Waals surface area contributed by atoms with E-state index in [4.69, 9.17) is 4.74 Å². The minimum atomic E-state index is -2.29. The molecule has 20 heavy (non-hydrogen) atoms. The molecule has 0 aliphatic heterocycles. The average Bonchev–Trinajstić information content (AvgIpc) is 2.79.